The third-order valence-corrected chi connectivity index (χ3v) is 3.70. The number of nitrogens with zero attached hydrogens (tertiary/aromatic N) is 1. The second kappa shape index (κ2) is 6.33. The Labute approximate surface area is 127 Å². The van der Waals surface area contributed by atoms with Crippen molar-refractivity contribution < 1.29 is 9.53 Å². The molecule has 0 saturated carbocycles. The fourth-order valence-electron chi connectivity index (χ4n) is 1.91. The lowest BCUT2D eigenvalue weighted by molar-refractivity contribution is 0.101. The minimum absolute atomic E-state index is 0.142. The molecule has 5 heteroatoms. The van der Waals surface area contributed by atoms with Crippen molar-refractivity contribution >= 4 is 23.2 Å². The zero-order valence-electron chi connectivity index (χ0n) is 11.7. The number of anilines is 1. The Kier molecular flexibility index (Phi) is 4.51. The zero-order chi connectivity index (χ0) is 15.4. The molecule has 0 aliphatic rings. The van der Waals surface area contributed by atoms with Gasteiger partial charge in [-0.3, -0.25) is 4.79 Å². The summed E-state index contributed by atoms with van der Waals surface area (Å²) in [6.07, 6.45) is 1.89. The van der Waals surface area contributed by atoms with Crippen molar-refractivity contribution in [3.05, 3.63) is 47.5 Å². The Morgan fingerprint density at radius 1 is 1.29 bits per heavy atom. The third kappa shape index (κ3) is 3.18. The van der Waals surface area contributed by atoms with Gasteiger partial charge in [-0.25, -0.2) is 0 Å². The third-order valence-electron chi connectivity index (χ3n) is 2.92. The molecule has 0 saturated heterocycles. The molecule has 0 spiro atoms. The van der Waals surface area contributed by atoms with Crippen LogP contribution in [0.25, 0.3) is 0 Å². The number of nitriles is 1. The molecule has 0 radical (unpaired) electrons. The summed E-state index contributed by atoms with van der Waals surface area (Å²) >= 11 is 1.47. The lowest BCUT2D eigenvalue weighted by atomic mass is 10.1. The fraction of sp³-hybridized carbons (Fsp3) is 0.125. The number of benzene rings is 2. The minimum Gasteiger partial charge on any atom is -0.455 e. The molecule has 0 aliphatic heterocycles. The van der Waals surface area contributed by atoms with Gasteiger partial charge in [0.15, 0.2) is 5.78 Å². The Morgan fingerprint density at radius 2 is 2.05 bits per heavy atom. The van der Waals surface area contributed by atoms with Crippen molar-refractivity contribution in [1.29, 1.82) is 5.26 Å². The van der Waals surface area contributed by atoms with E-state index in [-0.39, 0.29) is 5.78 Å². The molecule has 2 N–H and O–H groups in total. The van der Waals surface area contributed by atoms with Crippen molar-refractivity contribution in [1.82, 2.24) is 0 Å². The van der Waals surface area contributed by atoms with Crippen LogP contribution in [0.3, 0.4) is 0 Å². The van der Waals surface area contributed by atoms with Crippen LogP contribution in [0, 0.1) is 11.3 Å². The van der Waals surface area contributed by atoms with Crippen LogP contribution in [0.15, 0.2) is 41.3 Å². The molecule has 4 nitrogen and oxygen atoms in total. The number of nitrogen functional groups attached to an aromatic ring is 1. The molecule has 0 atom stereocenters. The van der Waals surface area contributed by atoms with Crippen LogP contribution < -0.4 is 10.5 Å². The van der Waals surface area contributed by atoms with Crippen LogP contribution in [0.1, 0.15) is 22.8 Å². The van der Waals surface area contributed by atoms with Crippen molar-refractivity contribution in [2.45, 2.75) is 11.8 Å². The van der Waals surface area contributed by atoms with Crippen LogP contribution >= 0.6 is 11.8 Å². The molecule has 0 aliphatic carbocycles. The van der Waals surface area contributed by atoms with Crippen LogP contribution in [-0.4, -0.2) is 12.0 Å². The number of thioether (sulfide) groups is 1. The highest BCUT2D eigenvalue weighted by molar-refractivity contribution is 7.98. The molecule has 2 rings (SSSR count). The fourth-order valence-corrected chi connectivity index (χ4v) is 2.47. The summed E-state index contributed by atoms with van der Waals surface area (Å²) in [5.74, 6) is 0.680. The van der Waals surface area contributed by atoms with Gasteiger partial charge in [0.05, 0.1) is 5.56 Å². The smallest absolute Gasteiger partial charge is 0.163 e. The molecule has 21 heavy (non-hydrogen) atoms. The van der Waals surface area contributed by atoms with Crippen LogP contribution in [0.5, 0.6) is 11.5 Å². The van der Waals surface area contributed by atoms with Crippen molar-refractivity contribution in [2.24, 2.45) is 0 Å². The number of hydrogen-bond donors (Lipinski definition) is 1. The van der Waals surface area contributed by atoms with Crippen LogP contribution in [0.4, 0.5) is 5.69 Å². The Hall–Kier alpha value is -2.45. The first-order chi connectivity index (χ1) is 10.1. The summed E-state index contributed by atoms with van der Waals surface area (Å²) in [7, 11) is 0. The molecule has 0 fully saturated rings. The van der Waals surface area contributed by atoms with Gasteiger partial charge < -0.3 is 10.5 Å². The second-order valence-corrected chi connectivity index (χ2v) is 5.21. The lowest BCUT2D eigenvalue weighted by Gasteiger charge is -2.12. The Bertz CT molecular complexity index is 736. The molecule has 0 amide bonds. The number of carbonyl (C=O) groups is 1. The van der Waals surface area contributed by atoms with E-state index < -0.39 is 0 Å². The highest BCUT2D eigenvalue weighted by Crippen LogP contribution is 2.33. The first kappa shape index (κ1) is 14.9. The predicted molar refractivity (Wildman–Crippen MR) is 83.9 cm³/mol. The molecule has 2 aromatic rings. The average molecular weight is 298 g/mol. The van der Waals surface area contributed by atoms with E-state index in [9.17, 15) is 10.1 Å². The minimum atomic E-state index is -0.142. The van der Waals surface area contributed by atoms with Gasteiger partial charge in [-0.15, -0.1) is 11.8 Å². The summed E-state index contributed by atoms with van der Waals surface area (Å²) in [4.78, 5) is 12.5. The maximum atomic E-state index is 11.7. The molecule has 0 aromatic heterocycles. The summed E-state index contributed by atoms with van der Waals surface area (Å²) in [6, 6.07) is 12.4. The molecule has 2 aromatic carbocycles. The van der Waals surface area contributed by atoms with Crippen molar-refractivity contribution in [2.75, 3.05) is 12.0 Å². The zero-order valence-corrected chi connectivity index (χ0v) is 12.5. The molecule has 0 unspecified atom stereocenters. The van der Waals surface area contributed by atoms with Crippen LogP contribution in [-0.2, 0) is 0 Å². The predicted octanol–water partition coefficient (Wildman–Crippen LogP) is 3.86. The maximum Gasteiger partial charge on any atom is 0.163 e. The van der Waals surface area contributed by atoms with E-state index >= 15 is 0 Å². The van der Waals surface area contributed by atoms with Crippen molar-refractivity contribution in [3.8, 4) is 17.6 Å². The van der Waals surface area contributed by atoms with Gasteiger partial charge in [0.25, 0.3) is 0 Å². The number of ether oxygens (including phenoxy) is 1. The van der Waals surface area contributed by atoms with Gasteiger partial charge in [0.1, 0.15) is 23.1 Å². The van der Waals surface area contributed by atoms with E-state index in [1.807, 2.05) is 18.4 Å². The van der Waals surface area contributed by atoms with Gasteiger partial charge in [0, 0.05) is 10.6 Å². The maximum absolute atomic E-state index is 11.7. The average Bonchev–Trinajstić information content (AvgIpc) is 2.48. The first-order valence-corrected chi connectivity index (χ1v) is 7.44. The summed E-state index contributed by atoms with van der Waals surface area (Å²) in [5.41, 5.74) is 7.04. The number of rotatable bonds is 4. The summed E-state index contributed by atoms with van der Waals surface area (Å²) < 4.78 is 5.78. The van der Waals surface area contributed by atoms with Gasteiger partial charge in [0.2, 0.25) is 0 Å². The monoisotopic (exact) mass is 298 g/mol. The molecular weight excluding hydrogens is 284 g/mol. The van der Waals surface area contributed by atoms with E-state index in [4.69, 9.17) is 10.5 Å². The lowest BCUT2D eigenvalue weighted by Crippen LogP contribution is -2.00. The molecule has 0 bridgehead atoms. The normalized spacial score (nSPS) is 9.95. The van der Waals surface area contributed by atoms with E-state index in [2.05, 4.69) is 6.07 Å². The quantitative estimate of drug-likeness (QED) is 0.527. The molecule has 0 heterocycles. The van der Waals surface area contributed by atoms with Crippen LogP contribution in [0.2, 0.25) is 0 Å². The van der Waals surface area contributed by atoms with Gasteiger partial charge >= 0.3 is 0 Å². The first-order valence-electron chi connectivity index (χ1n) is 6.22. The number of nitrogens with two attached hydrogens (primary N) is 1. The molecular formula is C16H14N2O2S. The number of ketones is 1. The van der Waals surface area contributed by atoms with E-state index in [0.717, 1.165) is 4.90 Å². The van der Waals surface area contributed by atoms with E-state index in [1.165, 1.54) is 18.7 Å². The van der Waals surface area contributed by atoms with E-state index in [0.29, 0.717) is 28.3 Å². The molecule has 106 valence electrons. The van der Waals surface area contributed by atoms with Crippen molar-refractivity contribution in [3.63, 3.8) is 0 Å². The van der Waals surface area contributed by atoms with Gasteiger partial charge in [-0.2, -0.15) is 5.26 Å². The van der Waals surface area contributed by atoms with E-state index in [1.54, 1.807) is 24.3 Å². The van der Waals surface area contributed by atoms with Gasteiger partial charge in [-0.1, -0.05) is 6.07 Å². The SMILES string of the molecule is CSc1cccc(Oc2ccc(N)cc2C(C)=O)c1C#N. The Balaban J connectivity index is 2.49. The Morgan fingerprint density at radius 3 is 2.67 bits per heavy atom. The van der Waals surface area contributed by atoms with Gasteiger partial charge in [-0.05, 0) is 43.5 Å². The topological polar surface area (TPSA) is 76.1 Å². The largest absolute Gasteiger partial charge is 0.455 e. The number of Topliss-reactive ketones (excluding diaryl/α,β-unsaturated/α-hetero) is 1. The summed E-state index contributed by atoms with van der Waals surface area (Å²) in [6.45, 7) is 1.45. The standard InChI is InChI=1S/C16H14N2O2S/c1-10(19)12-8-11(18)6-7-15(12)20-14-4-3-5-16(21-2)13(14)9-17/h3-8H,18H2,1-2H3. The number of carbonyl (C=O) groups excluding carboxylic acids is 1. The highest BCUT2D eigenvalue weighted by atomic mass is 32.2. The highest BCUT2D eigenvalue weighted by Gasteiger charge is 2.14. The number of hydrogen-bond acceptors (Lipinski definition) is 5. The second-order valence-electron chi connectivity index (χ2n) is 4.36. The summed E-state index contributed by atoms with van der Waals surface area (Å²) in [5, 5.41) is 9.30.